The zero-order chi connectivity index (χ0) is 19.3. The number of halogens is 2. The van der Waals surface area contributed by atoms with Crippen LogP contribution in [-0.2, 0) is 10.3 Å². The molecule has 2 aliphatic rings. The minimum Gasteiger partial charge on any atom is -0.438 e. The molecule has 1 aromatic carbocycles. The van der Waals surface area contributed by atoms with Gasteiger partial charge in [0.2, 0.25) is 5.89 Å². The third kappa shape index (κ3) is 2.77. The van der Waals surface area contributed by atoms with Crippen LogP contribution in [-0.4, -0.2) is 27.5 Å². The van der Waals surface area contributed by atoms with Crippen LogP contribution in [0.15, 0.2) is 46.1 Å². The average Bonchev–Trinajstić information content (AvgIpc) is 3.11. The van der Waals surface area contributed by atoms with E-state index >= 15 is 0 Å². The van der Waals surface area contributed by atoms with Gasteiger partial charge in [-0.3, -0.25) is 4.98 Å². The molecule has 0 saturated carbocycles. The predicted molar refractivity (Wildman–Crippen MR) is 101 cm³/mol. The third-order valence-corrected chi connectivity index (χ3v) is 6.26. The van der Waals surface area contributed by atoms with E-state index in [1.807, 2.05) is 0 Å². The highest BCUT2D eigenvalue weighted by atomic mass is 32.2. The average molecular weight is 402 g/mol. The molecule has 2 N–H and O–H groups in total. The number of pyridine rings is 1. The summed E-state index contributed by atoms with van der Waals surface area (Å²) in [6.45, 7) is 0.100. The van der Waals surface area contributed by atoms with Gasteiger partial charge in [0.1, 0.15) is 28.8 Å². The standard InChI is InChI=1S/C19H16F2N4O2S/c20-11-1-2-12(13(21)6-11)19-9-26-16(5-10(19)8-28-18(22)25-19)17-24-14-7-23-4-3-15(14)27-17/h1-4,6-7,10,16H,5,8-9H2,(H2,22,25)/t10?,16?,19-/m0/s1. The lowest BCUT2D eigenvalue weighted by molar-refractivity contribution is -0.0691. The lowest BCUT2D eigenvalue weighted by atomic mass is 9.75. The minimum absolute atomic E-state index is 0.0725. The summed E-state index contributed by atoms with van der Waals surface area (Å²) in [5.41, 5.74) is 6.56. The summed E-state index contributed by atoms with van der Waals surface area (Å²) in [6.07, 6.45) is 3.41. The molecule has 3 aromatic rings. The normalized spacial score (nSPS) is 27.4. The van der Waals surface area contributed by atoms with Crippen LogP contribution in [0.4, 0.5) is 8.78 Å². The molecular formula is C19H16F2N4O2S. The van der Waals surface area contributed by atoms with Crippen molar-refractivity contribution in [3.05, 3.63) is 59.7 Å². The van der Waals surface area contributed by atoms with Crippen LogP contribution in [0.5, 0.6) is 0 Å². The lowest BCUT2D eigenvalue weighted by Gasteiger charge is -2.45. The molecule has 5 rings (SSSR count). The fourth-order valence-corrected chi connectivity index (χ4v) is 4.93. The van der Waals surface area contributed by atoms with Gasteiger partial charge in [-0.15, -0.1) is 0 Å². The number of aromatic nitrogens is 2. The van der Waals surface area contributed by atoms with Gasteiger partial charge in [0, 0.05) is 35.6 Å². The van der Waals surface area contributed by atoms with Gasteiger partial charge in [0.15, 0.2) is 10.8 Å². The quantitative estimate of drug-likeness (QED) is 0.706. The Hall–Kier alpha value is -2.52. The Kier molecular flexibility index (Phi) is 4.09. The van der Waals surface area contributed by atoms with E-state index in [2.05, 4.69) is 15.0 Å². The smallest absolute Gasteiger partial charge is 0.224 e. The largest absolute Gasteiger partial charge is 0.438 e. The number of oxazole rings is 1. The van der Waals surface area contributed by atoms with Crippen molar-refractivity contribution < 1.29 is 17.9 Å². The maximum absolute atomic E-state index is 14.6. The Morgan fingerprint density at radius 3 is 2.96 bits per heavy atom. The van der Waals surface area contributed by atoms with Gasteiger partial charge in [-0.25, -0.2) is 18.8 Å². The van der Waals surface area contributed by atoms with Crippen LogP contribution < -0.4 is 5.73 Å². The van der Waals surface area contributed by atoms with Crippen molar-refractivity contribution in [3.8, 4) is 0 Å². The van der Waals surface area contributed by atoms with Gasteiger partial charge >= 0.3 is 0 Å². The number of hydrogen-bond acceptors (Lipinski definition) is 7. The molecule has 0 amide bonds. The number of benzene rings is 1. The molecule has 4 heterocycles. The van der Waals surface area contributed by atoms with Crippen LogP contribution in [0.2, 0.25) is 0 Å². The predicted octanol–water partition coefficient (Wildman–Crippen LogP) is 3.54. The maximum atomic E-state index is 14.6. The first kappa shape index (κ1) is 17.6. The molecule has 0 aliphatic carbocycles. The first-order valence-electron chi connectivity index (χ1n) is 8.81. The lowest BCUT2D eigenvalue weighted by Crippen LogP contribution is -2.48. The van der Waals surface area contributed by atoms with E-state index in [0.29, 0.717) is 39.9 Å². The van der Waals surface area contributed by atoms with E-state index in [-0.39, 0.29) is 18.6 Å². The topological polar surface area (TPSA) is 86.5 Å². The number of thioether (sulfide) groups is 1. The van der Waals surface area contributed by atoms with E-state index in [0.717, 1.165) is 6.07 Å². The third-order valence-electron chi connectivity index (χ3n) is 5.30. The summed E-state index contributed by atoms with van der Waals surface area (Å²) in [5.74, 6) is -0.247. The fraction of sp³-hybridized carbons (Fsp3) is 0.316. The molecule has 28 heavy (non-hydrogen) atoms. The van der Waals surface area contributed by atoms with Crippen molar-refractivity contribution in [1.82, 2.24) is 9.97 Å². The first-order valence-corrected chi connectivity index (χ1v) is 9.79. The minimum atomic E-state index is -0.989. The number of fused-ring (bicyclic) bond motifs is 2. The van der Waals surface area contributed by atoms with E-state index in [1.54, 1.807) is 18.5 Å². The number of nitrogens with two attached hydrogens (primary N) is 1. The monoisotopic (exact) mass is 402 g/mol. The Balaban J connectivity index is 1.52. The maximum Gasteiger partial charge on any atom is 0.224 e. The van der Waals surface area contributed by atoms with Crippen LogP contribution >= 0.6 is 11.8 Å². The second kappa shape index (κ2) is 6.52. The van der Waals surface area contributed by atoms with Gasteiger partial charge < -0.3 is 14.9 Å². The van der Waals surface area contributed by atoms with Gasteiger partial charge in [0.05, 0.1) is 12.8 Å². The van der Waals surface area contributed by atoms with Gasteiger partial charge in [0.25, 0.3) is 0 Å². The van der Waals surface area contributed by atoms with Crippen molar-refractivity contribution in [3.63, 3.8) is 0 Å². The number of hydrogen-bond donors (Lipinski definition) is 1. The number of ether oxygens (including phenoxy) is 1. The number of rotatable bonds is 2. The fourth-order valence-electron chi connectivity index (χ4n) is 3.92. The van der Waals surface area contributed by atoms with Gasteiger partial charge in [-0.1, -0.05) is 17.8 Å². The van der Waals surface area contributed by atoms with E-state index in [9.17, 15) is 8.78 Å². The molecule has 1 saturated heterocycles. The summed E-state index contributed by atoms with van der Waals surface area (Å²) in [7, 11) is 0. The molecule has 0 bridgehead atoms. The molecule has 2 aromatic heterocycles. The molecule has 0 spiro atoms. The van der Waals surface area contributed by atoms with Crippen molar-refractivity contribution in [2.45, 2.75) is 18.1 Å². The second-order valence-electron chi connectivity index (χ2n) is 6.94. The van der Waals surface area contributed by atoms with Crippen molar-refractivity contribution >= 4 is 28.0 Å². The van der Waals surface area contributed by atoms with E-state index < -0.39 is 17.2 Å². The highest BCUT2D eigenvalue weighted by Gasteiger charge is 2.50. The van der Waals surface area contributed by atoms with Crippen LogP contribution in [0, 0.1) is 17.6 Å². The molecule has 2 aliphatic heterocycles. The zero-order valence-electron chi connectivity index (χ0n) is 14.6. The van der Waals surface area contributed by atoms with Crippen molar-refractivity contribution in [2.75, 3.05) is 12.4 Å². The Labute approximate surface area is 163 Å². The molecule has 0 radical (unpaired) electrons. The van der Waals surface area contributed by atoms with E-state index in [4.69, 9.17) is 14.9 Å². The molecule has 144 valence electrons. The number of aliphatic imine (C=N–C) groups is 1. The van der Waals surface area contributed by atoms with Crippen molar-refractivity contribution in [2.24, 2.45) is 16.6 Å². The molecular weight excluding hydrogens is 386 g/mol. The summed E-state index contributed by atoms with van der Waals surface area (Å²) < 4.78 is 39.9. The van der Waals surface area contributed by atoms with E-state index in [1.165, 1.54) is 23.9 Å². The van der Waals surface area contributed by atoms with Crippen molar-refractivity contribution in [1.29, 1.82) is 0 Å². The Bertz CT molecular complexity index is 1060. The van der Waals surface area contributed by atoms with Crippen LogP contribution in [0.3, 0.4) is 0 Å². The SMILES string of the molecule is NC1=N[C@@]2(c3ccc(F)cc3F)COC(c3nc4cnccc4o3)CC2CS1. The Morgan fingerprint density at radius 2 is 2.14 bits per heavy atom. The van der Waals surface area contributed by atoms with Crippen LogP contribution in [0.1, 0.15) is 24.0 Å². The molecule has 3 atom stereocenters. The highest BCUT2D eigenvalue weighted by Crippen LogP contribution is 2.49. The second-order valence-corrected chi connectivity index (χ2v) is 7.98. The summed E-state index contributed by atoms with van der Waals surface area (Å²) in [4.78, 5) is 13.1. The number of nitrogens with zero attached hydrogens (tertiary/aromatic N) is 3. The summed E-state index contributed by atoms with van der Waals surface area (Å²) in [5, 5.41) is 0.370. The Morgan fingerprint density at radius 1 is 1.25 bits per heavy atom. The first-order chi connectivity index (χ1) is 13.5. The molecule has 1 fully saturated rings. The summed E-state index contributed by atoms with van der Waals surface area (Å²) >= 11 is 1.42. The molecule has 6 nitrogen and oxygen atoms in total. The molecule has 2 unspecified atom stereocenters. The highest BCUT2D eigenvalue weighted by molar-refractivity contribution is 8.13. The summed E-state index contributed by atoms with van der Waals surface area (Å²) in [6, 6.07) is 5.28. The van der Waals surface area contributed by atoms with Crippen LogP contribution in [0.25, 0.3) is 11.1 Å². The van der Waals surface area contributed by atoms with Gasteiger partial charge in [-0.05, 0) is 12.5 Å². The van der Waals surface area contributed by atoms with Gasteiger partial charge in [-0.2, -0.15) is 0 Å². The zero-order valence-corrected chi connectivity index (χ0v) is 15.5. The number of amidine groups is 1. The molecule has 9 heteroatoms.